The summed E-state index contributed by atoms with van der Waals surface area (Å²) in [7, 11) is -1.07. The number of fused-ring (bicyclic) bond motifs is 5. The van der Waals surface area contributed by atoms with Gasteiger partial charge in [0.05, 0.1) is 68.4 Å². The molecule has 0 spiro atoms. The normalized spacial score (nSPS) is 21.9. The number of H-pyrrole nitrogens is 1. The molecule has 2 aromatic rings. The second-order valence-electron chi connectivity index (χ2n) is 27.6. The average Bonchev–Trinajstić information content (AvgIpc) is 1.62. The Kier molecular flexibility index (Phi) is 36.1. The number of aromatic amines is 1. The summed E-state index contributed by atoms with van der Waals surface area (Å²) in [6.07, 6.45) is -1.16. The molecule has 3 unspecified atom stereocenters. The number of ether oxygens (including phenoxy) is 2. The van der Waals surface area contributed by atoms with E-state index in [0.29, 0.717) is 12.8 Å². The van der Waals surface area contributed by atoms with E-state index in [1.165, 1.54) is 25.3 Å². The first-order valence-corrected chi connectivity index (χ1v) is 38.5. The molecule has 1 saturated heterocycles. The van der Waals surface area contributed by atoms with E-state index in [4.69, 9.17) is 20.3 Å². The number of aliphatic hydroxyl groups is 1. The molecule has 1 fully saturated rings. The number of aliphatic hydroxyl groups excluding tert-OH is 1. The van der Waals surface area contributed by atoms with Crippen molar-refractivity contribution in [3.63, 3.8) is 0 Å². The van der Waals surface area contributed by atoms with Crippen molar-refractivity contribution >= 4 is 134 Å². The van der Waals surface area contributed by atoms with Crippen molar-refractivity contribution in [1.29, 1.82) is 0 Å². The molecule has 112 heavy (non-hydrogen) atoms. The van der Waals surface area contributed by atoms with Crippen molar-refractivity contribution in [1.82, 2.24) is 78.6 Å². The lowest BCUT2D eigenvalue weighted by Crippen LogP contribution is -2.61. The van der Waals surface area contributed by atoms with Crippen molar-refractivity contribution < 1.29 is 110 Å². The zero-order valence-electron chi connectivity index (χ0n) is 63.2. The smallest absolute Gasteiger partial charge is 0.305 e. The van der Waals surface area contributed by atoms with Crippen molar-refractivity contribution in [2.75, 3.05) is 83.8 Å². The Labute approximate surface area is 647 Å². The molecule has 0 radical (unpaired) electrons. The summed E-state index contributed by atoms with van der Waals surface area (Å²) >= 11 is 0. The van der Waals surface area contributed by atoms with E-state index < -0.39 is 216 Å². The van der Waals surface area contributed by atoms with Crippen LogP contribution in [-0.4, -0.2) is 269 Å². The molecule has 41 heteroatoms. The number of benzene rings is 1. The minimum absolute atomic E-state index is 0.00497. The van der Waals surface area contributed by atoms with Crippen LogP contribution >= 0.6 is 0 Å². The number of carboxylic acid groups (broad SMARTS) is 1. The number of amides is 17. The molecule has 0 saturated carbocycles. The van der Waals surface area contributed by atoms with Gasteiger partial charge in [0, 0.05) is 107 Å². The number of methoxy groups -OCH3 is 1. The number of carbonyl (C=O) groups is 18. The molecular formula is C71H103N17O23S. The van der Waals surface area contributed by atoms with Gasteiger partial charge in [0.25, 0.3) is 11.8 Å². The fourth-order valence-corrected chi connectivity index (χ4v) is 13.9. The Bertz CT molecular complexity index is 3850. The van der Waals surface area contributed by atoms with Crippen LogP contribution in [0.1, 0.15) is 130 Å². The predicted octanol–water partition coefficient (Wildman–Crippen LogP) is -5.35. The molecule has 4 aliphatic rings. The van der Waals surface area contributed by atoms with Crippen molar-refractivity contribution in [2.24, 2.45) is 17.6 Å². The summed E-state index contributed by atoms with van der Waals surface area (Å²) in [5.74, 6) is -17.2. The fraction of sp³-hybridized carbons (Fsp3) is 0.606. The second kappa shape index (κ2) is 44.9. The number of hydrogen-bond acceptors (Lipinski definition) is 22. The van der Waals surface area contributed by atoms with Gasteiger partial charge in [-0.15, -0.1) is 0 Å². The highest BCUT2D eigenvalue weighted by Crippen LogP contribution is 2.30. The SMILES string of the molecule is CCC(C)[C@@H]1NC(=O)CNC(=O)[C@@H]2Cc3c([nH]c4cc(NC(=O)CCCNC(=O)[C@H](CCCCNC(=O)CCOC)NC(=O)[C@H](CCC(=O)NCCOCCC(=O)O)NC(=O)CCCN5C(=O)C=CC5=O)ccc34)S(=O)C[C@H](NC(=O)CNC1=O)C(=O)N[C@@H](CC(N)=O)C(=O)N1C[C@H](O)C[C@H]1C(=O)N[C@@H](C(C)CC)C(=O)N2. The minimum Gasteiger partial charge on any atom is -0.481 e. The summed E-state index contributed by atoms with van der Waals surface area (Å²) in [4.78, 5) is 248. The largest absolute Gasteiger partial charge is 0.481 e. The van der Waals surface area contributed by atoms with Gasteiger partial charge in [-0.3, -0.25) is 95.4 Å². The Balaban J connectivity index is 1.28. The van der Waals surface area contributed by atoms with Crippen LogP contribution in [0, 0.1) is 11.8 Å². The second-order valence-corrected chi connectivity index (χ2v) is 29.0. The minimum atomic E-state index is -2.51. The Morgan fingerprint density at radius 1 is 0.643 bits per heavy atom. The number of nitrogens with two attached hydrogens (primary N) is 1. The maximum Gasteiger partial charge on any atom is 0.305 e. The topological polar surface area (TPSA) is 588 Å². The van der Waals surface area contributed by atoms with Crippen LogP contribution in [0.2, 0.25) is 0 Å². The van der Waals surface area contributed by atoms with E-state index in [1.54, 1.807) is 27.7 Å². The van der Waals surface area contributed by atoms with Gasteiger partial charge >= 0.3 is 5.97 Å². The molecule has 2 bridgehead atoms. The molecule has 18 N–H and O–H groups in total. The number of rotatable bonds is 36. The van der Waals surface area contributed by atoms with Crippen LogP contribution < -0.4 is 74.9 Å². The number of carboxylic acids is 1. The van der Waals surface area contributed by atoms with E-state index in [-0.39, 0.29) is 156 Å². The van der Waals surface area contributed by atoms with E-state index in [0.717, 1.165) is 22.0 Å². The molecule has 40 nitrogen and oxygen atoms in total. The molecule has 1 aromatic heterocycles. The number of carbonyl (C=O) groups excluding carboxylic acids is 17. The number of aromatic nitrogens is 1. The molecule has 0 aliphatic carbocycles. The zero-order valence-corrected chi connectivity index (χ0v) is 64.0. The lowest BCUT2D eigenvalue weighted by atomic mass is 9.96. The van der Waals surface area contributed by atoms with Gasteiger partial charge in [-0.25, -0.2) is 0 Å². The van der Waals surface area contributed by atoms with Crippen molar-refractivity contribution in [2.45, 2.75) is 190 Å². The van der Waals surface area contributed by atoms with Crippen LogP contribution in [0.25, 0.3) is 10.9 Å². The molecule has 17 amide bonds. The third kappa shape index (κ3) is 28.2. The van der Waals surface area contributed by atoms with E-state index in [2.05, 4.69) is 74.1 Å². The average molecular weight is 1590 g/mol. The molecular weight excluding hydrogens is 1490 g/mol. The Morgan fingerprint density at radius 2 is 1.29 bits per heavy atom. The lowest BCUT2D eigenvalue weighted by molar-refractivity contribution is -0.143. The number of hydrogen-bond donors (Lipinski definition) is 17. The molecule has 4 aliphatic heterocycles. The van der Waals surface area contributed by atoms with Crippen LogP contribution in [0.5, 0.6) is 0 Å². The highest BCUT2D eigenvalue weighted by molar-refractivity contribution is 7.85. The number of imide groups is 1. The molecule has 6 rings (SSSR count). The standard InChI is InChI=1S/C71H103N17O23S/c1-6-38(3)61-68(106)77-34-56(95)80-49-37-112(109)70-43(32-47(64(102)76-35-57(96)85-61)82-69(107)62(39(4)7-2)86-67(105)50-31-41(89)36-88(50)71(108)48(33-51(72)90)83-66(49)104)42-16-15-40(30-46(42)84-70)78-54(93)13-10-24-75-63(101)44(12-8-9-23-73-53(92)21-27-110-5)81-65(103)45(17-18-52(91)74-25-29-111-28-22-60(99)100)79-55(94)14-11-26-87-58(97)19-20-59(87)98/h15-16,19-20,30,38-39,41,44-45,47-50,61-62,84,89H,6-14,17-18,21-29,31-37H2,1-5H3,(H2,72,90)(H,73,92)(H,74,91)(H,75,101)(H,76,102)(H,77,106)(H,78,93)(H,79,94)(H,80,95)(H,81,103)(H,82,107)(H,83,104)(H,85,96)(H,86,105)(H,99,100)/t38?,39?,41-,44+,45+,47+,48+,49+,50+,61+,62+,112?/m1/s1. The summed E-state index contributed by atoms with van der Waals surface area (Å²) in [5, 5.41) is 53.4. The van der Waals surface area contributed by atoms with Gasteiger partial charge in [0.15, 0.2) is 0 Å². The number of primary amides is 1. The van der Waals surface area contributed by atoms with Crippen LogP contribution in [0.4, 0.5) is 5.69 Å². The number of anilines is 1. The summed E-state index contributed by atoms with van der Waals surface area (Å²) < 4.78 is 25.4. The number of aliphatic carboxylic acids is 1. The van der Waals surface area contributed by atoms with E-state index >= 15 is 4.21 Å². The molecule has 12 atom stereocenters. The third-order valence-electron chi connectivity index (χ3n) is 19.0. The van der Waals surface area contributed by atoms with Crippen molar-refractivity contribution in [3.05, 3.63) is 35.9 Å². The van der Waals surface area contributed by atoms with Gasteiger partial charge in [-0.2, -0.15) is 0 Å². The van der Waals surface area contributed by atoms with Crippen LogP contribution in [0.3, 0.4) is 0 Å². The van der Waals surface area contributed by atoms with Gasteiger partial charge < -0.3 is 104 Å². The van der Waals surface area contributed by atoms with Crippen molar-refractivity contribution in [3.8, 4) is 0 Å². The highest BCUT2D eigenvalue weighted by Gasteiger charge is 2.45. The van der Waals surface area contributed by atoms with Gasteiger partial charge in [-0.05, 0) is 68.1 Å². The summed E-state index contributed by atoms with van der Waals surface area (Å²) in [6.45, 7) is 4.50. The predicted molar refractivity (Wildman–Crippen MR) is 396 cm³/mol. The number of nitrogens with zero attached hydrogens (tertiary/aromatic N) is 2. The van der Waals surface area contributed by atoms with Crippen LogP contribution in [0.15, 0.2) is 35.4 Å². The van der Waals surface area contributed by atoms with Gasteiger partial charge in [-0.1, -0.05) is 46.6 Å². The Morgan fingerprint density at radius 3 is 1.96 bits per heavy atom. The molecule has 5 heterocycles. The molecule has 1 aromatic carbocycles. The maximum atomic E-state index is 15.3. The van der Waals surface area contributed by atoms with Gasteiger partial charge in [0.2, 0.25) is 88.6 Å². The summed E-state index contributed by atoms with van der Waals surface area (Å²) in [6, 6.07) is -8.18. The fourth-order valence-electron chi connectivity index (χ4n) is 12.5. The van der Waals surface area contributed by atoms with E-state index in [1.807, 2.05) is 0 Å². The van der Waals surface area contributed by atoms with Crippen LogP contribution in [-0.2, 0) is 113 Å². The number of nitrogens with one attached hydrogen (secondary N) is 14. The molecule has 616 valence electrons. The first-order valence-electron chi connectivity index (χ1n) is 37.2. The quantitative estimate of drug-likeness (QED) is 0.0224. The maximum absolute atomic E-state index is 15.3. The van der Waals surface area contributed by atoms with Gasteiger partial charge in [0.1, 0.15) is 53.4 Å². The first kappa shape index (κ1) is 90.1. The monoisotopic (exact) mass is 1590 g/mol. The highest BCUT2D eigenvalue weighted by atomic mass is 32.2. The Hall–Kier alpha value is -10.8. The summed E-state index contributed by atoms with van der Waals surface area (Å²) in [5.41, 5.74) is 5.90. The van der Waals surface area contributed by atoms with E-state index in [9.17, 15) is 91.4 Å². The third-order valence-corrected chi connectivity index (χ3v) is 20.5. The lowest BCUT2D eigenvalue weighted by Gasteiger charge is -2.32. The first-order chi connectivity index (χ1) is 53.3. The number of unbranched alkanes of at least 4 members (excludes halogenated alkanes) is 1. The zero-order chi connectivity index (χ0) is 82.3.